The second-order valence-electron chi connectivity index (χ2n) is 4.85. The molecule has 0 saturated heterocycles. The van der Waals surface area contributed by atoms with Gasteiger partial charge in [0.2, 0.25) is 0 Å². The van der Waals surface area contributed by atoms with Crippen LogP contribution in [0.1, 0.15) is 16.7 Å². The lowest BCUT2D eigenvalue weighted by molar-refractivity contribution is 0.306. The zero-order valence-electron chi connectivity index (χ0n) is 11.4. The molecular formula is C15H15BF3O-. The third-order valence-electron chi connectivity index (χ3n) is 3.21. The summed E-state index contributed by atoms with van der Waals surface area (Å²) in [5, 5.41) is 0. The Morgan fingerprint density at radius 2 is 1.70 bits per heavy atom. The van der Waals surface area contributed by atoms with Crippen molar-refractivity contribution in [2.75, 3.05) is 0 Å². The van der Waals surface area contributed by atoms with Crippen LogP contribution in [0.5, 0.6) is 5.75 Å². The number of hydrogen-bond acceptors (Lipinski definition) is 1. The van der Waals surface area contributed by atoms with Gasteiger partial charge < -0.3 is 17.7 Å². The Hall–Kier alpha value is -1.91. The van der Waals surface area contributed by atoms with Gasteiger partial charge in [0, 0.05) is 0 Å². The van der Waals surface area contributed by atoms with Crippen molar-refractivity contribution in [2.24, 2.45) is 0 Å². The van der Waals surface area contributed by atoms with Crippen LogP contribution in [-0.2, 0) is 6.61 Å². The third kappa shape index (κ3) is 3.56. The number of rotatable bonds is 4. The Morgan fingerprint density at radius 1 is 0.950 bits per heavy atom. The van der Waals surface area contributed by atoms with Crippen LogP contribution in [0.15, 0.2) is 42.5 Å². The quantitative estimate of drug-likeness (QED) is 0.770. The number of hydrogen-bond donors (Lipinski definition) is 0. The van der Waals surface area contributed by atoms with E-state index in [2.05, 4.69) is 0 Å². The minimum atomic E-state index is -4.99. The number of halogens is 3. The molecule has 0 heterocycles. The van der Waals surface area contributed by atoms with E-state index >= 15 is 0 Å². The molecule has 5 heteroatoms. The molecule has 0 radical (unpaired) electrons. The van der Waals surface area contributed by atoms with E-state index in [9.17, 15) is 12.9 Å². The largest absolute Gasteiger partial charge is 0.509 e. The first-order valence-corrected chi connectivity index (χ1v) is 6.35. The number of benzene rings is 2. The summed E-state index contributed by atoms with van der Waals surface area (Å²) in [5.41, 5.74) is 2.62. The molecule has 2 aromatic rings. The highest BCUT2D eigenvalue weighted by atomic mass is 19.4. The van der Waals surface area contributed by atoms with Gasteiger partial charge >= 0.3 is 6.98 Å². The molecule has 0 spiro atoms. The van der Waals surface area contributed by atoms with Crippen molar-refractivity contribution in [3.8, 4) is 5.75 Å². The molecule has 0 aliphatic rings. The lowest BCUT2D eigenvalue weighted by Gasteiger charge is -2.16. The smallest absolute Gasteiger partial charge is 0.489 e. The van der Waals surface area contributed by atoms with Crippen molar-refractivity contribution in [2.45, 2.75) is 20.5 Å². The van der Waals surface area contributed by atoms with E-state index in [0.717, 1.165) is 23.3 Å². The first-order chi connectivity index (χ1) is 9.36. The van der Waals surface area contributed by atoms with E-state index in [-0.39, 0.29) is 12.4 Å². The lowest BCUT2D eigenvalue weighted by atomic mass is 9.80. The van der Waals surface area contributed by atoms with Gasteiger partial charge in [0.25, 0.3) is 0 Å². The summed E-state index contributed by atoms with van der Waals surface area (Å²) in [7, 11) is 0. The van der Waals surface area contributed by atoms with E-state index in [1.54, 1.807) is 0 Å². The molecule has 0 unspecified atom stereocenters. The average Bonchev–Trinajstić information content (AvgIpc) is 2.39. The zero-order valence-corrected chi connectivity index (χ0v) is 11.4. The highest BCUT2D eigenvalue weighted by Gasteiger charge is 2.25. The van der Waals surface area contributed by atoms with E-state index in [4.69, 9.17) is 4.74 Å². The summed E-state index contributed by atoms with van der Waals surface area (Å²) in [5.74, 6) is 0.236. The molecule has 0 amide bonds. The second-order valence-corrected chi connectivity index (χ2v) is 4.85. The molecule has 0 saturated carbocycles. The molecule has 0 aromatic heterocycles. The molecule has 2 aromatic carbocycles. The van der Waals surface area contributed by atoms with Crippen LogP contribution < -0.4 is 10.2 Å². The monoisotopic (exact) mass is 279 g/mol. The van der Waals surface area contributed by atoms with Crippen molar-refractivity contribution in [1.82, 2.24) is 0 Å². The zero-order chi connectivity index (χ0) is 14.8. The standard InChI is InChI=1S/C15H15BF3O/c1-11-6-7-13(8-12(11)2)10-20-15-5-3-4-14(9-15)16(17,18)19/h3-9H,10H2,1-2H3/q-1. The minimum Gasteiger partial charge on any atom is -0.489 e. The Morgan fingerprint density at radius 3 is 2.35 bits per heavy atom. The van der Waals surface area contributed by atoms with Gasteiger partial charge in [0.05, 0.1) is 0 Å². The Bertz CT molecular complexity index is 608. The maximum absolute atomic E-state index is 12.6. The van der Waals surface area contributed by atoms with Gasteiger partial charge in [-0.15, -0.1) is 5.46 Å². The van der Waals surface area contributed by atoms with Crippen molar-refractivity contribution in [3.63, 3.8) is 0 Å². The van der Waals surface area contributed by atoms with Crippen LogP contribution in [0, 0.1) is 13.8 Å². The maximum Gasteiger partial charge on any atom is 0.509 e. The van der Waals surface area contributed by atoms with Crippen molar-refractivity contribution in [1.29, 1.82) is 0 Å². The molecule has 2 rings (SSSR count). The van der Waals surface area contributed by atoms with Gasteiger partial charge in [0.15, 0.2) is 0 Å². The first-order valence-electron chi connectivity index (χ1n) is 6.35. The molecule has 0 bridgehead atoms. The van der Waals surface area contributed by atoms with E-state index < -0.39 is 12.4 Å². The molecule has 0 aliphatic heterocycles. The highest BCUT2D eigenvalue weighted by molar-refractivity contribution is 6.73. The Kier molecular flexibility index (Phi) is 4.07. The molecular weight excluding hydrogens is 264 g/mol. The summed E-state index contributed by atoms with van der Waals surface area (Å²) >= 11 is 0. The fourth-order valence-corrected chi connectivity index (χ4v) is 1.87. The fraction of sp³-hybridized carbons (Fsp3) is 0.200. The molecule has 0 N–H and O–H groups in total. The molecule has 0 fully saturated rings. The summed E-state index contributed by atoms with van der Waals surface area (Å²) in [6, 6.07) is 10.9. The molecule has 0 aliphatic carbocycles. The molecule has 20 heavy (non-hydrogen) atoms. The lowest BCUT2D eigenvalue weighted by Crippen LogP contribution is -2.33. The van der Waals surface area contributed by atoms with Gasteiger partial charge in [-0.25, -0.2) is 0 Å². The predicted octanol–water partition coefficient (Wildman–Crippen LogP) is 3.94. The summed E-state index contributed by atoms with van der Waals surface area (Å²) in [4.78, 5) is 0. The predicted molar refractivity (Wildman–Crippen MR) is 75.4 cm³/mol. The second kappa shape index (κ2) is 5.61. The van der Waals surface area contributed by atoms with Gasteiger partial charge in [-0.2, -0.15) is 0 Å². The van der Waals surface area contributed by atoms with Crippen molar-refractivity contribution < 1.29 is 17.7 Å². The number of ether oxygens (including phenoxy) is 1. The highest BCUT2D eigenvalue weighted by Crippen LogP contribution is 2.17. The Balaban J connectivity index is 2.09. The summed E-state index contributed by atoms with van der Waals surface area (Å²) < 4.78 is 43.3. The summed E-state index contributed by atoms with van der Waals surface area (Å²) in [6.07, 6.45) is 0. The Labute approximate surface area is 116 Å². The van der Waals surface area contributed by atoms with Crippen LogP contribution in [-0.4, -0.2) is 6.98 Å². The fourth-order valence-electron chi connectivity index (χ4n) is 1.87. The van der Waals surface area contributed by atoms with Gasteiger partial charge in [-0.1, -0.05) is 30.3 Å². The normalized spacial score (nSPS) is 11.4. The van der Waals surface area contributed by atoms with Gasteiger partial charge in [-0.3, -0.25) is 0 Å². The van der Waals surface area contributed by atoms with Crippen LogP contribution >= 0.6 is 0 Å². The van der Waals surface area contributed by atoms with E-state index in [1.165, 1.54) is 17.7 Å². The minimum absolute atomic E-state index is 0.236. The molecule has 0 atom stereocenters. The van der Waals surface area contributed by atoms with Crippen molar-refractivity contribution >= 4 is 12.4 Å². The topological polar surface area (TPSA) is 9.23 Å². The van der Waals surface area contributed by atoms with E-state index in [1.807, 2.05) is 32.0 Å². The van der Waals surface area contributed by atoms with Crippen LogP contribution in [0.3, 0.4) is 0 Å². The van der Waals surface area contributed by atoms with Gasteiger partial charge in [-0.05, 0) is 42.7 Å². The maximum atomic E-state index is 12.6. The molecule has 106 valence electrons. The van der Waals surface area contributed by atoms with Crippen LogP contribution in [0.2, 0.25) is 0 Å². The molecule has 1 nitrogen and oxygen atoms in total. The number of aryl methyl sites for hydroxylation is 2. The first kappa shape index (κ1) is 14.5. The van der Waals surface area contributed by atoms with Gasteiger partial charge in [0.1, 0.15) is 12.4 Å². The SMILES string of the molecule is Cc1ccc(COc2cccc([B-](F)(F)F)c2)cc1C. The summed E-state index contributed by atoms with van der Waals surface area (Å²) in [6.45, 7) is -0.727. The third-order valence-corrected chi connectivity index (χ3v) is 3.21. The van der Waals surface area contributed by atoms with Crippen LogP contribution in [0.25, 0.3) is 0 Å². The van der Waals surface area contributed by atoms with Crippen molar-refractivity contribution in [3.05, 3.63) is 59.2 Å². The van der Waals surface area contributed by atoms with Crippen LogP contribution in [0.4, 0.5) is 12.9 Å². The van der Waals surface area contributed by atoms with E-state index in [0.29, 0.717) is 0 Å². The average molecular weight is 279 g/mol.